The second kappa shape index (κ2) is 6.35. The van der Waals surface area contributed by atoms with Gasteiger partial charge in [-0.3, -0.25) is 9.36 Å². The highest BCUT2D eigenvalue weighted by molar-refractivity contribution is 5.77. The van der Waals surface area contributed by atoms with Gasteiger partial charge in [0.15, 0.2) is 17.3 Å². The van der Waals surface area contributed by atoms with E-state index in [2.05, 4.69) is 9.83 Å². The van der Waals surface area contributed by atoms with Crippen LogP contribution in [-0.2, 0) is 0 Å². The summed E-state index contributed by atoms with van der Waals surface area (Å²) in [5.41, 5.74) is 4.79. The van der Waals surface area contributed by atoms with Crippen molar-refractivity contribution in [2.45, 2.75) is 31.3 Å². The average Bonchev–Trinajstić information content (AvgIpc) is 3.35. The number of fused-ring (bicyclic) bond motifs is 1. The Morgan fingerprint density at radius 1 is 1.37 bits per heavy atom. The number of nitrogens with zero attached hydrogens (tertiary/aromatic N) is 5. The zero-order chi connectivity index (χ0) is 19.3. The van der Waals surface area contributed by atoms with E-state index in [4.69, 9.17) is 18.1 Å². The van der Waals surface area contributed by atoms with E-state index in [9.17, 15) is 14.0 Å². The minimum absolute atomic E-state index is 0.00861. The first kappa shape index (κ1) is 17.5. The van der Waals surface area contributed by atoms with Gasteiger partial charge in [-0.2, -0.15) is 4.68 Å². The second-order valence-electron chi connectivity index (χ2n) is 7.22. The van der Waals surface area contributed by atoms with E-state index in [-0.39, 0.29) is 41.4 Å². The summed E-state index contributed by atoms with van der Waals surface area (Å²) in [5.74, 6) is 5.11. The summed E-state index contributed by atoms with van der Waals surface area (Å²) in [6.07, 6.45) is 2.31. The second-order valence-corrected chi connectivity index (χ2v) is 7.22. The number of anilines is 1. The van der Waals surface area contributed by atoms with E-state index in [1.54, 1.807) is 4.90 Å². The van der Waals surface area contributed by atoms with Crippen LogP contribution in [0, 0.1) is 18.3 Å². The van der Waals surface area contributed by atoms with Crippen LogP contribution in [0.5, 0.6) is 0 Å². The van der Waals surface area contributed by atoms with E-state index in [1.807, 2.05) is 0 Å². The summed E-state index contributed by atoms with van der Waals surface area (Å²) >= 11 is 0. The standard InChI is InChI=1S/C17H20FN7O2/c1-21-7-13(19)9-4-5-23(8-9)15-12(18)6-11-14(22-15)24(10-2-3-10)17(27)25(20)16(11)26/h6,9-10,13H,2-5,7-8,19-20H2. The molecule has 1 aliphatic carbocycles. The van der Waals surface area contributed by atoms with Gasteiger partial charge >= 0.3 is 5.69 Å². The lowest BCUT2D eigenvalue weighted by molar-refractivity contribution is 0.480. The molecular formula is C17H20FN7O2. The molecule has 1 aliphatic heterocycles. The zero-order valence-corrected chi connectivity index (χ0v) is 14.6. The third-order valence-corrected chi connectivity index (χ3v) is 5.37. The quantitative estimate of drug-likeness (QED) is 0.567. The molecule has 3 heterocycles. The van der Waals surface area contributed by atoms with E-state index < -0.39 is 17.1 Å². The molecule has 9 nitrogen and oxygen atoms in total. The molecule has 0 radical (unpaired) electrons. The molecule has 10 heteroatoms. The van der Waals surface area contributed by atoms with Gasteiger partial charge in [0.2, 0.25) is 6.54 Å². The molecule has 4 rings (SSSR count). The third kappa shape index (κ3) is 2.84. The lowest BCUT2D eigenvalue weighted by Crippen LogP contribution is -2.45. The Labute approximate surface area is 153 Å². The fourth-order valence-corrected chi connectivity index (χ4v) is 3.70. The number of halogens is 1. The SMILES string of the molecule is [C-]#[N+]CC(N)C1CCN(c2nc3c(cc2F)c(=O)n(N)c(=O)n3C2CC2)C1. The van der Waals surface area contributed by atoms with Crippen LogP contribution >= 0.6 is 0 Å². The Morgan fingerprint density at radius 2 is 2.11 bits per heavy atom. The van der Waals surface area contributed by atoms with Crippen LogP contribution in [-0.4, -0.2) is 39.9 Å². The van der Waals surface area contributed by atoms with Crippen LogP contribution in [0.15, 0.2) is 15.7 Å². The van der Waals surface area contributed by atoms with E-state index in [0.29, 0.717) is 17.8 Å². The minimum atomic E-state index is -0.761. The van der Waals surface area contributed by atoms with Crippen LogP contribution in [0.25, 0.3) is 15.9 Å². The number of nitrogen functional groups attached to an aromatic ring is 1. The van der Waals surface area contributed by atoms with Gasteiger partial charge in [-0.1, -0.05) is 0 Å². The molecule has 2 fully saturated rings. The Kier molecular flexibility index (Phi) is 4.11. The monoisotopic (exact) mass is 373 g/mol. The number of pyridine rings is 1. The molecule has 4 N–H and O–H groups in total. The number of hydrogen-bond donors (Lipinski definition) is 2. The summed E-state index contributed by atoms with van der Waals surface area (Å²) in [6, 6.07) is 0.762. The van der Waals surface area contributed by atoms with Gasteiger partial charge in [-0.15, -0.1) is 0 Å². The van der Waals surface area contributed by atoms with Crippen LogP contribution in [0.1, 0.15) is 25.3 Å². The summed E-state index contributed by atoms with van der Waals surface area (Å²) < 4.78 is 16.6. The predicted molar refractivity (Wildman–Crippen MR) is 98.4 cm³/mol. The maximum absolute atomic E-state index is 14.7. The molecular weight excluding hydrogens is 353 g/mol. The maximum Gasteiger partial charge on any atom is 0.351 e. The van der Waals surface area contributed by atoms with Crippen molar-refractivity contribution in [1.29, 1.82) is 0 Å². The van der Waals surface area contributed by atoms with Crippen molar-refractivity contribution in [1.82, 2.24) is 14.2 Å². The smallest absolute Gasteiger partial charge is 0.351 e. The Hall–Kier alpha value is -2.93. The largest absolute Gasteiger partial charge is 0.354 e. The highest BCUT2D eigenvalue weighted by Gasteiger charge is 2.33. The first-order valence-electron chi connectivity index (χ1n) is 8.89. The van der Waals surface area contributed by atoms with Gasteiger partial charge in [0.05, 0.1) is 11.4 Å². The van der Waals surface area contributed by atoms with Crippen molar-refractivity contribution < 1.29 is 4.39 Å². The molecule has 0 amide bonds. The highest BCUT2D eigenvalue weighted by atomic mass is 19.1. The molecule has 0 aromatic carbocycles. The van der Waals surface area contributed by atoms with Crippen molar-refractivity contribution >= 4 is 16.9 Å². The molecule has 2 aromatic rings. The van der Waals surface area contributed by atoms with Crippen LogP contribution in [0.4, 0.5) is 10.2 Å². The topological polar surface area (TPSA) is 117 Å². The molecule has 142 valence electrons. The lowest BCUT2D eigenvalue weighted by atomic mass is 10.0. The van der Waals surface area contributed by atoms with E-state index >= 15 is 0 Å². The van der Waals surface area contributed by atoms with E-state index in [0.717, 1.165) is 25.3 Å². The Bertz CT molecular complexity index is 1070. The third-order valence-electron chi connectivity index (χ3n) is 5.37. The summed E-state index contributed by atoms with van der Waals surface area (Å²) in [6.45, 7) is 8.20. The average molecular weight is 373 g/mol. The molecule has 0 bridgehead atoms. The van der Waals surface area contributed by atoms with Crippen LogP contribution in [0.3, 0.4) is 0 Å². The normalized spacial score (nSPS) is 20.8. The molecule has 1 saturated heterocycles. The fourth-order valence-electron chi connectivity index (χ4n) is 3.70. The number of nitrogens with two attached hydrogens (primary N) is 2. The minimum Gasteiger partial charge on any atom is -0.354 e. The fraction of sp³-hybridized carbons (Fsp3) is 0.529. The van der Waals surface area contributed by atoms with Crippen LogP contribution < -0.4 is 27.7 Å². The van der Waals surface area contributed by atoms with Gasteiger partial charge in [-0.05, 0) is 25.3 Å². The Balaban J connectivity index is 1.80. The van der Waals surface area contributed by atoms with Crippen molar-refractivity contribution in [2.24, 2.45) is 11.7 Å². The molecule has 1 saturated carbocycles. The van der Waals surface area contributed by atoms with Crippen LogP contribution in [0.2, 0.25) is 0 Å². The van der Waals surface area contributed by atoms with Gasteiger partial charge in [-0.25, -0.2) is 20.7 Å². The van der Waals surface area contributed by atoms with E-state index in [1.165, 1.54) is 4.57 Å². The summed E-state index contributed by atoms with van der Waals surface area (Å²) in [5, 5.41) is -0.00861. The highest BCUT2D eigenvalue weighted by Crippen LogP contribution is 2.36. The first-order valence-corrected chi connectivity index (χ1v) is 8.89. The Morgan fingerprint density at radius 3 is 2.78 bits per heavy atom. The first-order chi connectivity index (χ1) is 12.9. The van der Waals surface area contributed by atoms with Crippen molar-refractivity contribution in [3.8, 4) is 0 Å². The van der Waals surface area contributed by atoms with Crippen molar-refractivity contribution in [2.75, 3.05) is 30.4 Å². The molecule has 2 aliphatic rings. The zero-order valence-electron chi connectivity index (χ0n) is 14.6. The van der Waals surface area contributed by atoms with Crippen molar-refractivity contribution in [3.05, 3.63) is 44.1 Å². The van der Waals surface area contributed by atoms with Gasteiger partial charge in [0, 0.05) is 25.0 Å². The lowest BCUT2D eigenvalue weighted by Gasteiger charge is -2.20. The summed E-state index contributed by atoms with van der Waals surface area (Å²) in [7, 11) is 0. The molecule has 2 atom stereocenters. The molecule has 27 heavy (non-hydrogen) atoms. The molecule has 0 spiro atoms. The number of aromatic nitrogens is 3. The van der Waals surface area contributed by atoms with Gasteiger partial charge in [0.1, 0.15) is 0 Å². The number of hydrogen-bond acceptors (Lipinski definition) is 6. The summed E-state index contributed by atoms with van der Waals surface area (Å²) in [4.78, 5) is 34.2. The maximum atomic E-state index is 14.7. The van der Waals surface area contributed by atoms with Crippen molar-refractivity contribution in [3.63, 3.8) is 0 Å². The molecule has 2 aromatic heterocycles. The number of rotatable bonds is 4. The molecule has 2 unspecified atom stereocenters. The van der Waals surface area contributed by atoms with Gasteiger partial charge in [0.25, 0.3) is 5.56 Å². The predicted octanol–water partition coefficient (Wildman–Crippen LogP) is -0.181. The van der Waals surface area contributed by atoms with Gasteiger partial charge < -0.3 is 21.3 Å².